The number of hydrogen-bond acceptors (Lipinski definition) is 8. The van der Waals surface area contributed by atoms with Crippen molar-refractivity contribution in [3.8, 4) is 34.1 Å². The van der Waals surface area contributed by atoms with Gasteiger partial charge in [-0.15, -0.1) is 8.78 Å². The van der Waals surface area contributed by atoms with Crippen LogP contribution >= 0.6 is 11.6 Å². The van der Waals surface area contributed by atoms with Crippen LogP contribution in [0, 0.1) is 5.82 Å². The smallest absolute Gasteiger partial charge is 0.420 e. The van der Waals surface area contributed by atoms with E-state index in [0.717, 1.165) is 51.7 Å². The molecule has 5 heterocycles. The molecular formula is C32H22ClF3N8O3. The average molecular weight is 659 g/mol. The maximum atomic E-state index is 13.6. The van der Waals surface area contributed by atoms with Crippen molar-refractivity contribution in [3.63, 3.8) is 0 Å². The molecular weight excluding hydrogens is 637 g/mol. The van der Waals surface area contributed by atoms with E-state index in [-0.39, 0.29) is 17.7 Å². The van der Waals surface area contributed by atoms with Crippen molar-refractivity contribution in [2.24, 2.45) is 0 Å². The van der Waals surface area contributed by atoms with E-state index < -0.39 is 17.3 Å². The summed E-state index contributed by atoms with van der Waals surface area (Å²) in [4.78, 5) is 31.2. The number of halogens is 4. The van der Waals surface area contributed by atoms with Gasteiger partial charge in [-0.3, -0.25) is 9.78 Å². The van der Waals surface area contributed by atoms with Crippen molar-refractivity contribution in [2.45, 2.75) is 31.6 Å². The van der Waals surface area contributed by atoms with Crippen LogP contribution < -0.4 is 10.1 Å². The van der Waals surface area contributed by atoms with Crippen LogP contribution in [0.25, 0.3) is 39.4 Å². The fourth-order valence-corrected chi connectivity index (χ4v) is 6.09. The molecule has 0 radical (unpaired) electrons. The Labute approximate surface area is 269 Å². The van der Waals surface area contributed by atoms with Crippen LogP contribution in [0.2, 0.25) is 0 Å². The van der Waals surface area contributed by atoms with E-state index in [1.807, 2.05) is 19.2 Å². The van der Waals surface area contributed by atoms with Gasteiger partial charge in [0, 0.05) is 63.9 Å². The lowest BCUT2D eigenvalue weighted by Gasteiger charge is -2.23. The first-order valence-corrected chi connectivity index (χ1v) is 14.8. The molecule has 0 fully saturated rings. The molecule has 1 amide bonds. The minimum atomic E-state index is -3.85. The molecule has 4 aromatic heterocycles. The summed E-state index contributed by atoms with van der Waals surface area (Å²) >= 11 is 4.85. The molecule has 2 aromatic carbocycles. The number of aromatic nitrogens is 7. The Kier molecular flexibility index (Phi) is 6.74. The summed E-state index contributed by atoms with van der Waals surface area (Å²) in [5.41, 5.74) is 3.05. The van der Waals surface area contributed by atoms with Crippen LogP contribution in [-0.2, 0) is 17.8 Å². The molecule has 11 nitrogen and oxygen atoms in total. The van der Waals surface area contributed by atoms with Crippen molar-refractivity contribution in [1.29, 1.82) is 0 Å². The third kappa shape index (κ3) is 5.34. The predicted molar refractivity (Wildman–Crippen MR) is 164 cm³/mol. The second-order valence-corrected chi connectivity index (χ2v) is 11.7. The van der Waals surface area contributed by atoms with Gasteiger partial charge in [0.15, 0.2) is 5.82 Å². The summed E-state index contributed by atoms with van der Waals surface area (Å²) in [5.74, 6) is -0.158. The summed E-state index contributed by atoms with van der Waals surface area (Å²) in [7, 11) is 0. The van der Waals surface area contributed by atoms with Gasteiger partial charge in [-0.05, 0) is 49.4 Å². The standard InChI is InChI=1S/C32H22ClF3N8O3/c1-16-14-46-15-27-41-26-8-17(30(45)40-21-2-4-22(5-3-21)47-32(33,35)36)6-23(29(26)44(16)27)18-7-24-25(37-10-18)9-19-13-43(42-28(19)24)31-38-11-20(34)12-39-31/h2-8,10-13,16H,9,14-15H2,1H3,(H,40,45)/t16-/m1/s1. The number of pyridine rings is 1. The maximum absolute atomic E-state index is 13.6. The van der Waals surface area contributed by atoms with Crippen LogP contribution in [-0.4, -0.2) is 52.4 Å². The third-order valence-corrected chi connectivity index (χ3v) is 8.07. The first kappa shape index (κ1) is 29.1. The van der Waals surface area contributed by atoms with Crippen molar-refractivity contribution in [1.82, 2.24) is 34.3 Å². The van der Waals surface area contributed by atoms with Crippen molar-refractivity contribution < 1.29 is 27.4 Å². The van der Waals surface area contributed by atoms with E-state index >= 15 is 0 Å². The van der Waals surface area contributed by atoms with Crippen LogP contribution in [0.5, 0.6) is 5.75 Å². The average Bonchev–Trinajstić information content (AvgIpc) is 3.72. The van der Waals surface area contributed by atoms with Gasteiger partial charge in [-0.2, -0.15) is 5.10 Å². The number of nitrogens with one attached hydrogen (secondary N) is 1. The number of alkyl halides is 3. The predicted octanol–water partition coefficient (Wildman–Crippen LogP) is 6.30. The summed E-state index contributed by atoms with van der Waals surface area (Å²) in [6, 6.07) is 10.9. The second kappa shape index (κ2) is 10.9. The Bertz CT molecular complexity index is 2200. The SMILES string of the molecule is C[C@@H]1COCc2nc3cc(C(=O)Nc4ccc(OC(F)(F)Cl)cc4)cc(-c4cnc5c(c4)-c4nn(-c6ncc(F)cn6)cc4C5)c3n21. The molecule has 2 aliphatic rings. The zero-order valence-corrected chi connectivity index (χ0v) is 25.2. The van der Waals surface area contributed by atoms with Crippen molar-refractivity contribution >= 4 is 34.2 Å². The van der Waals surface area contributed by atoms with E-state index in [1.54, 1.807) is 18.3 Å². The number of anilines is 1. The first-order valence-electron chi connectivity index (χ1n) is 14.5. The van der Waals surface area contributed by atoms with E-state index in [0.29, 0.717) is 42.1 Å². The molecule has 236 valence electrons. The molecule has 15 heteroatoms. The lowest BCUT2D eigenvalue weighted by Crippen LogP contribution is -2.21. The molecule has 0 spiro atoms. The molecule has 1 aliphatic carbocycles. The molecule has 0 bridgehead atoms. The lowest BCUT2D eigenvalue weighted by atomic mass is 9.99. The Balaban J connectivity index is 1.19. The molecule has 6 aromatic rings. The van der Waals surface area contributed by atoms with E-state index in [2.05, 4.69) is 24.6 Å². The van der Waals surface area contributed by atoms with Gasteiger partial charge in [-0.25, -0.2) is 24.0 Å². The highest BCUT2D eigenvalue weighted by molar-refractivity contribution is 6.20. The molecule has 0 saturated heterocycles. The molecule has 8 rings (SSSR count). The first-order chi connectivity index (χ1) is 22.6. The number of nitrogens with zero attached hydrogens (tertiary/aromatic N) is 7. The lowest BCUT2D eigenvalue weighted by molar-refractivity contribution is -0.0964. The van der Waals surface area contributed by atoms with E-state index in [4.69, 9.17) is 31.4 Å². The van der Waals surface area contributed by atoms with Gasteiger partial charge in [0.05, 0.1) is 47.5 Å². The van der Waals surface area contributed by atoms with E-state index in [1.165, 1.54) is 28.9 Å². The highest BCUT2D eigenvalue weighted by Gasteiger charge is 2.29. The number of rotatable bonds is 6. The zero-order chi connectivity index (χ0) is 32.4. The number of benzene rings is 2. The molecule has 1 atom stereocenters. The molecule has 1 N–H and O–H groups in total. The minimum absolute atomic E-state index is 0.0105. The Morgan fingerprint density at radius 2 is 1.87 bits per heavy atom. The molecule has 0 saturated carbocycles. The van der Waals surface area contributed by atoms with Gasteiger partial charge < -0.3 is 19.4 Å². The number of fused-ring (bicyclic) bond motifs is 6. The summed E-state index contributed by atoms with van der Waals surface area (Å²) in [5, 5.41) is 7.49. The van der Waals surface area contributed by atoms with Crippen LogP contribution in [0.4, 0.5) is 18.9 Å². The zero-order valence-electron chi connectivity index (χ0n) is 24.4. The van der Waals surface area contributed by atoms with Gasteiger partial charge in [0.25, 0.3) is 11.9 Å². The number of ether oxygens (including phenoxy) is 2. The topological polar surface area (TPSA) is 122 Å². The maximum Gasteiger partial charge on any atom is 0.487 e. The Hall–Kier alpha value is -5.34. The highest BCUT2D eigenvalue weighted by atomic mass is 35.5. The quantitative estimate of drug-likeness (QED) is 0.207. The summed E-state index contributed by atoms with van der Waals surface area (Å²) in [6.07, 6.45) is 6.30. The van der Waals surface area contributed by atoms with Crippen molar-refractivity contribution in [3.05, 3.63) is 95.7 Å². The van der Waals surface area contributed by atoms with Crippen LogP contribution in [0.15, 0.2) is 67.3 Å². The summed E-state index contributed by atoms with van der Waals surface area (Å²) in [6.45, 7) is 2.87. The fraction of sp³-hybridized carbons (Fsp3) is 0.188. The van der Waals surface area contributed by atoms with Crippen LogP contribution in [0.1, 0.15) is 40.4 Å². The molecule has 1 aliphatic heterocycles. The van der Waals surface area contributed by atoms with Crippen molar-refractivity contribution in [2.75, 3.05) is 11.9 Å². The molecule has 0 unspecified atom stereocenters. The number of imidazole rings is 1. The number of hydrogen-bond donors (Lipinski definition) is 1. The highest BCUT2D eigenvalue weighted by Crippen LogP contribution is 2.40. The minimum Gasteiger partial charge on any atom is -0.420 e. The van der Waals surface area contributed by atoms with Gasteiger partial charge in [0.1, 0.15) is 18.2 Å². The number of carbonyl (C=O) groups is 1. The fourth-order valence-electron chi connectivity index (χ4n) is 6.00. The Morgan fingerprint density at radius 1 is 1.09 bits per heavy atom. The second-order valence-electron chi connectivity index (χ2n) is 11.2. The van der Waals surface area contributed by atoms with E-state index in [9.17, 15) is 18.0 Å². The van der Waals surface area contributed by atoms with Gasteiger partial charge in [-0.1, -0.05) is 0 Å². The van der Waals surface area contributed by atoms with Gasteiger partial charge in [0.2, 0.25) is 0 Å². The third-order valence-electron chi connectivity index (χ3n) is 7.99. The monoisotopic (exact) mass is 658 g/mol. The van der Waals surface area contributed by atoms with Gasteiger partial charge >= 0.3 is 5.57 Å². The number of carbonyl (C=O) groups excluding carboxylic acids is 1. The Morgan fingerprint density at radius 3 is 2.64 bits per heavy atom. The molecule has 47 heavy (non-hydrogen) atoms. The largest absolute Gasteiger partial charge is 0.487 e. The summed E-state index contributed by atoms with van der Waals surface area (Å²) < 4.78 is 53.2. The normalized spacial score (nSPS) is 15.3. The van der Waals surface area contributed by atoms with Crippen LogP contribution in [0.3, 0.4) is 0 Å². The number of amides is 1.